The van der Waals surface area contributed by atoms with E-state index in [1.54, 1.807) is 0 Å². The third-order valence-electron chi connectivity index (χ3n) is 5.99. The number of aliphatic hydroxyl groups excluding tert-OH is 1. The van der Waals surface area contributed by atoms with Crippen LogP contribution in [0.2, 0.25) is 0 Å². The zero-order valence-electron chi connectivity index (χ0n) is 20.9. The maximum atomic E-state index is 11.5. The molecule has 0 saturated carbocycles. The molecule has 4 heteroatoms. The van der Waals surface area contributed by atoms with Gasteiger partial charge in [0.15, 0.2) is 0 Å². The van der Waals surface area contributed by atoms with E-state index < -0.39 is 5.97 Å². The van der Waals surface area contributed by atoms with E-state index in [4.69, 9.17) is 0 Å². The minimum Gasteiger partial charge on any atom is -0.393 e. The first-order valence-electron chi connectivity index (χ1n) is 13.5. The van der Waals surface area contributed by atoms with Crippen LogP contribution in [0.5, 0.6) is 0 Å². The van der Waals surface area contributed by atoms with Gasteiger partial charge in [-0.1, -0.05) is 108 Å². The highest BCUT2D eigenvalue weighted by atomic mass is 19.3. The number of unbranched alkanes of at least 4 members (excludes halogenated alkanes) is 14. The Morgan fingerprint density at radius 3 is 1.72 bits per heavy atom. The molecule has 1 atom stereocenters. The van der Waals surface area contributed by atoms with Gasteiger partial charge in [0.05, 0.1) is 6.10 Å². The van der Waals surface area contributed by atoms with Crippen molar-refractivity contribution >= 4 is 5.97 Å². The van der Waals surface area contributed by atoms with E-state index in [2.05, 4.69) is 36.2 Å². The Hall–Kier alpha value is -1.16. The summed E-state index contributed by atoms with van der Waals surface area (Å²) >= 11 is 0. The first-order valence-corrected chi connectivity index (χ1v) is 13.5. The van der Waals surface area contributed by atoms with Gasteiger partial charge in [0.1, 0.15) is 0 Å². The van der Waals surface area contributed by atoms with E-state index in [0.29, 0.717) is 6.42 Å². The molecule has 0 aliphatic heterocycles. The highest BCUT2D eigenvalue weighted by Crippen LogP contribution is 2.14. The summed E-state index contributed by atoms with van der Waals surface area (Å²) in [6.45, 7) is 2.25. The van der Waals surface area contributed by atoms with Gasteiger partial charge in [0.2, 0.25) is 0 Å². The second kappa shape index (κ2) is 26.1. The Morgan fingerprint density at radius 1 is 0.719 bits per heavy atom. The van der Waals surface area contributed by atoms with Crippen molar-refractivity contribution in [1.29, 1.82) is 0 Å². The van der Waals surface area contributed by atoms with Crippen molar-refractivity contribution in [1.82, 2.24) is 0 Å². The fraction of sp³-hybridized carbons (Fsp3) is 0.821. The van der Waals surface area contributed by atoms with Crippen molar-refractivity contribution in [3.63, 3.8) is 0 Å². The third kappa shape index (κ3) is 25.1. The number of carbonyl (C=O) groups is 1. The lowest BCUT2D eigenvalue weighted by Crippen LogP contribution is -2.05. The summed E-state index contributed by atoms with van der Waals surface area (Å²) in [5.74, 6) is -0.773. The Bertz CT molecular complexity index is 448. The van der Waals surface area contributed by atoms with Crippen molar-refractivity contribution in [3.05, 3.63) is 24.3 Å². The fourth-order valence-electron chi connectivity index (χ4n) is 3.91. The number of hydrogen-bond acceptors (Lipinski definition) is 3. The van der Waals surface area contributed by atoms with Gasteiger partial charge in [-0.3, -0.25) is 4.94 Å². The van der Waals surface area contributed by atoms with Crippen LogP contribution in [0.1, 0.15) is 142 Å². The second-order valence-corrected chi connectivity index (χ2v) is 9.14. The van der Waals surface area contributed by atoms with Crippen LogP contribution < -0.4 is 0 Å². The van der Waals surface area contributed by atoms with Crippen molar-refractivity contribution in [2.75, 3.05) is 0 Å². The minimum absolute atomic E-state index is 0.0787. The molecule has 0 bridgehead atoms. The summed E-state index contributed by atoms with van der Waals surface area (Å²) < 4.78 is 11.5. The van der Waals surface area contributed by atoms with Gasteiger partial charge in [-0.25, -0.2) is 4.79 Å². The molecule has 0 rings (SSSR count). The normalized spacial score (nSPS) is 12.7. The molecule has 32 heavy (non-hydrogen) atoms. The summed E-state index contributed by atoms with van der Waals surface area (Å²) in [5, 5.41) is 10.1. The zero-order chi connectivity index (χ0) is 23.5. The van der Waals surface area contributed by atoms with Crippen molar-refractivity contribution < 1.29 is 19.4 Å². The van der Waals surface area contributed by atoms with Crippen LogP contribution in [0.15, 0.2) is 24.3 Å². The number of hydrogen-bond donors (Lipinski definition) is 1. The molecule has 0 aliphatic carbocycles. The standard InChI is InChI=1S/C28H51FO3/c1-2-3-4-5-15-18-21-24-27(30)25-22-19-16-13-11-9-7-6-8-10-12-14-17-20-23-26-28(31)32-29/h6,8,12,14,27,30H,2-5,7,9-11,13,15-26H2,1H3/b8-6-,14-12+. The molecule has 0 radical (unpaired) electrons. The van der Waals surface area contributed by atoms with Gasteiger partial charge in [-0.15, -0.1) is 0 Å². The molecule has 0 aromatic rings. The first-order chi connectivity index (χ1) is 15.7. The molecule has 0 aliphatic rings. The summed E-state index contributed by atoms with van der Waals surface area (Å²) in [7, 11) is 0. The number of allylic oxidation sites excluding steroid dienone is 4. The summed E-state index contributed by atoms with van der Waals surface area (Å²) in [6, 6.07) is 0. The molecule has 188 valence electrons. The summed E-state index contributed by atoms with van der Waals surface area (Å²) in [6.07, 6.45) is 32.2. The van der Waals surface area contributed by atoms with E-state index in [0.717, 1.165) is 38.5 Å². The molecule has 0 spiro atoms. The Balaban J connectivity index is 3.28. The van der Waals surface area contributed by atoms with Gasteiger partial charge in [0.25, 0.3) is 0 Å². The van der Waals surface area contributed by atoms with E-state index >= 15 is 0 Å². The van der Waals surface area contributed by atoms with Crippen molar-refractivity contribution in [2.24, 2.45) is 0 Å². The van der Waals surface area contributed by atoms with E-state index in [9.17, 15) is 14.4 Å². The highest BCUT2D eigenvalue weighted by molar-refractivity contribution is 5.68. The van der Waals surface area contributed by atoms with Crippen molar-refractivity contribution in [3.8, 4) is 0 Å². The minimum atomic E-state index is -0.773. The van der Waals surface area contributed by atoms with Gasteiger partial charge in [-0.05, 0) is 51.4 Å². The van der Waals surface area contributed by atoms with Crippen LogP contribution in [-0.4, -0.2) is 17.2 Å². The largest absolute Gasteiger partial charge is 0.393 e. The number of rotatable bonds is 24. The molecule has 0 fully saturated rings. The summed E-state index contributed by atoms with van der Waals surface area (Å²) in [4.78, 5) is 13.8. The maximum absolute atomic E-state index is 11.5. The Labute approximate surface area is 197 Å². The zero-order valence-corrected chi connectivity index (χ0v) is 20.9. The number of carbonyl (C=O) groups excluding carboxylic acids is 1. The summed E-state index contributed by atoms with van der Waals surface area (Å²) in [5.41, 5.74) is 0. The predicted octanol–water partition coefficient (Wildman–Crippen LogP) is 9.10. The lowest BCUT2D eigenvalue weighted by molar-refractivity contribution is -0.183. The van der Waals surface area contributed by atoms with Crippen LogP contribution in [0.3, 0.4) is 0 Å². The first kappa shape index (κ1) is 30.8. The second-order valence-electron chi connectivity index (χ2n) is 9.14. The molecule has 1 N–H and O–H groups in total. The quantitative estimate of drug-likeness (QED) is 0.117. The van der Waals surface area contributed by atoms with Crippen LogP contribution in [0.25, 0.3) is 0 Å². The molecule has 0 heterocycles. The van der Waals surface area contributed by atoms with Crippen molar-refractivity contribution in [2.45, 2.75) is 148 Å². The maximum Gasteiger partial charge on any atom is 0.348 e. The third-order valence-corrected chi connectivity index (χ3v) is 5.99. The van der Waals surface area contributed by atoms with E-state index in [1.165, 1.54) is 83.5 Å². The monoisotopic (exact) mass is 454 g/mol. The van der Waals surface area contributed by atoms with Gasteiger partial charge < -0.3 is 5.11 Å². The van der Waals surface area contributed by atoms with Gasteiger partial charge >= 0.3 is 5.97 Å². The van der Waals surface area contributed by atoms with Gasteiger partial charge in [-0.2, -0.15) is 0 Å². The van der Waals surface area contributed by atoms with E-state index in [-0.39, 0.29) is 12.5 Å². The highest BCUT2D eigenvalue weighted by Gasteiger charge is 2.03. The lowest BCUT2D eigenvalue weighted by Gasteiger charge is -2.10. The Kier molecular flexibility index (Phi) is 25.1. The van der Waals surface area contributed by atoms with Crippen LogP contribution in [-0.2, 0) is 9.74 Å². The smallest absolute Gasteiger partial charge is 0.348 e. The van der Waals surface area contributed by atoms with E-state index in [1.807, 2.05) is 0 Å². The molecule has 0 saturated heterocycles. The average molecular weight is 455 g/mol. The molecule has 0 aromatic carbocycles. The Morgan fingerprint density at radius 2 is 1.19 bits per heavy atom. The number of aliphatic hydroxyl groups is 1. The topological polar surface area (TPSA) is 46.5 Å². The predicted molar refractivity (Wildman–Crippen MR) is 134 cm³/mol. The van der Waals surface area contributed by atoms with Crippen LogP contribution >= 0.6 is 0 Å². The van der Waals surface area contributed by atoms with Crippen LogP contribution in [0.4, 0.5) is 4.53 Å². The fourth-order valence-corrected chi connectivity index (χ4v) is 3.91. The number of halogens is 1. The molecular formula is C28H51FO3. The van der Waals surface area contributed by atoms with Gasteiger partial charge in [0, 0.05) is 10.9 Å². The molecule has 1 unspecified atom stereocenters. The molecule has 0 amide bonds. The SMILES string of the molecule is CCCCCCCCCC(O)CCCCCCCC/C=C\C/C=C/CCCCC(=O)OF. The average Bonchev–Trinajstić information content (AvgIpc) is 2.80. The molecule has 0 aromatic heterocycles. The molecule has 3 nitrogen and oxygen atoms in total. The lowest BCUT2D eigenvalue weighted by atomic mass is 10.0. The van der Waals surface area contributed by atoms with Crippen LogP contribution in [0, 0.1) is 0 Å². The molecular weight excluding hydrogens is 403 g/mol.